The SMILES string of the molecule is CC[Si](CC)(c1ccccc1)[c-]1cccc1-c1ccccc1.[Cl-].[Cl-].[Cl-].[Ti+4]. The van der Waals surface area contributed by atoms with Crippen LogP contribution in [0.15, 0.2) is 78.9 Å². The predicted molar refractivity (Wildman–Crippen MR) is 99.9 cm³/mol. The summed E-state index contributed by atoms with van der Waals surface area (Å²) >= 11 is 0. The third-order valence-corrected chi connectivity index (χ3v) is 10.3. The molecule has 0 fully saturated rings. The van der Waals surface area contributed by atoms with Crippen molar-refractivity contribution in [3.63, 3.8) is 0 Å². The van der Waals surface area contributed by atoms with E-state index < -0.39 is 8.07 Å². The second-order valence-electron chi connectivity index (χ2n) is 5.87. The van der Waals surface area contributed by atoms with Gasteiger partial charge in [0.15, 0.2) is 0 Å². The number of halogens is 3. The van der Waals surface area contributed by atoms with Crippen molar-refractivity contribution in [1.29, 1.82) is 0 Å². The van der Waals surface area contributed by atoms with Crippen LogP contribution in [0.25, 0.3) is 11.1 Å². The summed E-state index contributed by atoms with van der Waals surface area (Å²) in [7, 11) is -1.67. The van der Waals surface area contributed by atoms with Crippen LogP contribution in [-0.4, -0.2) is 8.07 Å². The van der Waals surface area contributed by atoms with E-state index in [0.717, 1.165) is 0 Å². The third kappa shape index (κ3) is 5.32. The third-order valence-electron chi connectivity index (χ3n) is 4.95. The van der Waals surface area contributed by atoms with Crippen LogP contribution >= 0.6 is 0 Å². The van der Waals surface area contributed by atoms with Crippen molar-refractivity contribution in [2.24, 2.45) is 0 Å². The van der Waals surface area contributed by atoms with Crippen LogP contribution in [0.1, 0.15) is 13.8 Å². The van der Waals surface area contributed by atoms with Crippen LogP contribution in [0.2, 0.25) is 12.1 Å². The van der Waals surface area contributed by atoms with Gasteiger partial charge in [-0.1, -0.05) is 91.8 Å². The molecular formula is C21H23Cl3SiTi. The van der Waals surface area contributed by atoms with Gasteiger partial charge in [0.25, 0.3) is 0 Å². The molecule has 0 saturated carbocycles. The van der Waals surface area contributed by atoms with Crippen molar-refractivity contribution in [3.8, 4) is 11.1 Å². The number of benzene rings is 2. The van der Waals surface area contributed by atoms with Gasteiger partial charge in [-0.05, 0) is 0 Å². The van der Waals surface area contributed by atoms with Gasteiger partial charge in [-0.2, -0.15) is 18.2 Å². The maximum atomic E-state index is 2.37. The van der Waals surface area contributed by atoms with Crippen LogP contribution in [-0.2, 0) is 21.7 Å². The quantitative estimate of drug-likeness (QED) is 0.269. The Morgan fingerprint density at radius 2 is 1.19 bits per heavy atom. The summed E-state index contributed by atoms with van der Waals surface area (Å²) in [5.41, 5.74) is 2.78. The molecule has 0 aromatic heterocycles. The molecule has 0 atom stereocenters. The standard InChI is InChI=1S/C21H23Si.3ClH.Ti/c1-3-22(4-2,19-14-9-6-10-15-19)21-17-11-16-20(21)18-12-7-5-8-13-18;;;;/h5-17H,3-4H2,1-2H3;3*1H;/q-1;;;;+4/p-3. The summed E-state index contributed by atoms with van der Waals surface area (Å²) in [5, 5.41) is 3.15. The summed E-state index contributed by atoms with van der Waals surface area (Å²) in [6, 6.07) is 31.4. The second-order valence-corrected chi connectivity index (χ2v) is 10.6. The van der Waals surface area contributed by atoms with E-state index in [1.54, 1.807) is 10.4 Å². The molecule has 0 aliphatic rings. The van der Waals surface area contributed by atoms with Gasteiger partial charge in [0, 0.05) is 0 Å². The Kier molecular flexibility index (Phi) is 13.8. The maximum absolute atomic E-state index is 2.37. The molecule has 136 valence electrons. The summed E-state index contributed by atoms with van der Waals surface area (Å²) in [5.74, 6) is 0. The second kappa shape index (κ2) is 12.9. The molecular weight excluding hydrogens is 435 g/mol. The molecule has 0 nitrogen and oxygen atoms in total. The molecule has 0 aliphatic heterocycles. The van der Waals surface area contributed by atoms with E-state index in [1.165, 1.54) is 23.2 Å². The molecule has 0 unspecified atom stereocenters. The smallest absolute Gasteiger partial charge is 1.00 e. The molecule has 5 heteroatoms. The minimum Gasteiger partial charge on any atom is -1.00 e. The molecule has 0 spiro atoms. The van der Waals surface area contributed by atoms with Crippen LogP contribution < -0.4 is 47.6 Å². The van der Waals surface area contributed by atoms with Crippen LogP contribution in [0.3, 0.4) is 0 Å². The Hall–Kier alpha value is -0.409. The molecule has 0 bridgehead atoms. The fraction of sp³-hybridized carbons (Fsp3) is 0.190. The van der Waals surface area contributed by atoms with E-state index in [4.69, 9.17) is 0 Å². The fourth-order valence-corrected chi connectivity index (χ4v) is 8.04. The first-order chi connectivity index (χ1) is 10.8. The van der Waals surface area contributed by atoms with Crippen LogP contribution in [0.5, 0.6) is 0 Å². The summed E-state index contributed by atoms with van der Waals surface area (Å²) < 4.78 is 0. The molecule has 3 aromatic rings. The van der Waals surface area contributed by atoms with Gasteiger partial charge in [-0.15, -0.1) is 16.3 Å². The normalized spacial score (nSPS) is 9.77. The molecule has 0 aliphatic carbocycles. The maximum Gasteiger partial charge on any atom is 4.00 e. The van der Waals surface area contributed by atoms with Gasteiger partial charge in [0.05, 0.1) is 8.07 Å². The van der Waals surface area contributed by atoms with Crippen molar-refractivity contribution in [2.75, 3.05) is 0 Å². The molecule has 0 N–H and O–H groups in total. The van der Waals surface area contributed by atoms with E-state index >= 15 is 0 Å². The van der Waals surface area contributed by atoms with Gasteiger partial charge < -0.3 is 37.2 Å². The van der Waals surface area contributed by atoms with Crippen molar-refractivity contribution in [3.05, 3.63) is 78.9 Å². The minimum atomic E-state index is -1.67. The molecule has 3 aromatic carbocycles. The molecule has 0 amide bonds. The zero-order chi connectivity index (χ0) is 15.4. The number of hydrogen-bond acceptors (Lipinski definition) is 0. The van der Waals surface area contributed by atoms with E-state index in [1.807, 2.05) is 0 Å². The predicted octanol–water partition coefficient (Wildman–Crippen LogP) is -4.32. The van der Waals surface area contributed by atoms with E-state index in [-0.39, 0.29) is 58.9 Å². The average Bonchev–Trinajstić information content (AvgIpc) is 3.09. The molecule has 0 radical (unpaired) electrons. The van der Waals surface area contributed by atoms with Gasteiger partial charge >= 0.3 is 21.7 Å². The Balaban J connectivity index is 0. The number of hydrogen-bond donors (Lipinski definition) is 0. The first-order valence-electron chi connectivity index (χ1n) is 8.19. The van der Waals surface area contributed by atoms with Crippen molar-refractivity contribution < 1.29 is 58.9 Å². The van der Waals surface area contributed by atoms with Crippen molar-refractivity contribution >= 4 is 18.4 Å². The fourth-order valence-electron chi connectivity index (χ4n) is 3.66. The largest absolute Gasteiger partial charge is 4.00 e. The summed E-state index contributed by atoms with van der Waals surface area (Å²) in [4.78, 5) is 0. The Morgan fingerprint density at radius 3 is 1.69 bits per heavy atom. The van der Waals surface area contributed by atoms with Gasteiger partial charge in [0.2, 0.25) is 0 Å². The summed E-state index contributed by atoms with van der Waals surface area (Å²) in [6.45, 7) is 4.73. The van der Waals surface area contributed by atoms with Gasteiger partial charge in [-0.25, -0.2) is 0 Å². The topological polar surface area (TPSA) is 0 Å². The Labute approximate surface area is 192 Å². The monoisotopic (exact) mass is 456 g/mol. The molecule has 0 saturated heterocycles. The van der Waals surface area contributed by atoms with E-state index in [2.05, 4.69) is 92.7 Å². The van der Waals surface area contributed by atoms with Crippen molar-refractivity contribution in [1.82, 2.24) is 0 Å². The van der Waals surface area contributed by atoms with E-state index in [0.29, 0.717) is 0 Å². The first kappa shape index (κ1) is 27.8. The van der Waals surface area contributed by atoms with Crippen LogP contribution in [0.4, 0.5) is 0 Å². The Bertz CT molecular complexity index is 725. The van der Waals surface area contributed by atoms with Gasteiger partial charge in [-0.3, -0.25) is 0 Å². The average molecular weight is 458 g/mol. The van der Waals surface area contributed by atoms with Crippen molar-refractivity contribution in [2.45, 2.75) is 25.9 Å². The summed E-state index contributed by atoms with van der Waals surface area (Å²) in [6.07, 6.45) is 0. The molecule has 0 heterocycles. The zero-order valence-corrected chi connectivity index (χ0v) is 19.9. The number of rotatable bonds is 5. The van der Waals surface area contributed by atoms with Gasteiger partial charge in [0.1, 0.15) is 0 Å². The molecule has 3 rings (SSSR count). The first-order valence-corrected chi connectivity index (χ1v) is 10.6. The minimum absolute atomic E-state index is 0. The molecule has 26 heavy (non-hydrogen) atoms. The Morgan fingerprint density at radius 1 is 0.692 bits per heavy atom. The van der Waals surface area contributed by atoms with Crippen LogP contribution in [0, 0.1) is 0 Å². The zero-order valence-electron chi connectivity index (χ0n) is 15.1. The van der Waals surface area contributed by atoms with E-state index in [9.17, 15) is 0 Å².